The van der Waals surface area contributed by atoms with Gasteiger partial charge in [0, 0.05) is 12.1 Å². The highest BCUT2D eigenvalue weighted by Crippen LogP contribution is 2.58. The summed E-state index contributed by atoms with van der Waals surface area (Å²) in [7, 11) is 0. The minimum atomic E-state index is -1.21. The van der Waals surface area contributed by atoms with Crippen LogP contribution in [0.25, 0.3) is 0 Å². The molecule has 1 nitrogen and oxygen atoms in total. The quantitative estimate of drug-likeness (QED) is 0.566. The van der Waals surface area contributed by atoms with Crippen molar-refractivity contribution >= 4 is 29.3 Å². The molecule has 0 heterocycles. The van der Waals surface area contributed by atoms with E-state index >= 15 is 0 Å². The molecule has 2 aromatic carbocycles. The van der Waals surface area contributed by atoms with Crippen LogP contribution in [-0.2, 0) is 0 Å². The average molecular weight is 326 g/mol. The molecule has 20 heavy (non-hydrogen) atoms. The number of nitrogens with zero attached hydrogens (tertiary/aromatic N) is 1. The summed E-state index contributed by atoms with van der Waals surface area (Å²) in [5.41, 5.74) is 2.45. The normalized spacial score (nSPS) is 14.5. The Labute approximate surface area is 131 Å². The van der Waals surface area contributed by atoms with Crippen molar-refractivity contribution in [2.24, 2.45) is 0 Å². The van der Waals surface area contributed by atoms with Crippen LogP contribution in [0.3, 0.4) is 0 Å². The zero-order valence-electron chi connectivity index (χ0n) is 11.6. The van der Waals surface area contributed by atoms with Crippen LogP contribution >= 0.6 is 29.3 Å². The lowest BCUT2D eigenvalue weighted by Crippen LogP contribution is -2.23. The van der Waals surface area contributed by atoms with Crippen LogP contribution in [0.2, 0.25) is 0 Å². The summed E-state index contributed by atoms with van der Waals surface area (Å²) in [6.45, 7) is 3.08. The van der Waals surface area contributed by atoms with E-state index in [0.717, 1.165) is 0 Å². The Kier molecular flexibility index (Phi) is 5.86. The lowest BCUT2D eigenvalue weighted by molar-refractivity contribution is 0.306. The maximum atomic E-state index is 6.29. The van der Waals surface area contributed by atoms with Crippen LogP contribution in [0.5, 0.6) is 0 Å². The Morgan fingerprint density at radius 2 is 1.10 bits per heavy atom. The molecule has 2 rings (SSSR count). The van der Waals surface area contributed by atoms with Gasteiger partial charge in [0.15, 0.2) is 6.78 Å². The zero-order valence-corrected chi connectivity index (χ0v) is 14.0. The molecule has 0 fully saturated rings. The van der Waals surface area contributed by atoms with Gasteiger partial charge in [0.25, 0.3) is 0 Å². The van der Waals surface area contributed by atoms with Gasteiger partial charge in [-0.25, -0.2) is 4.67 Å². The fraction of sp³-hybridized carbons (Fsp3) is 0.250. The fourth-order valence-corrected chi connectivity index (χ4v) is 4.73. The first-order chi connectivity index (χ1) is 9.61. The van der Waals surface area contributed by atoms with E-state index in [1.807, 2.05) is 36.4 Å². The lowest BCUT2D eigenvalue weighted by Gasteiger charge is -2.35. The smallest absolute Gasteiger partial charge is 0.160 e. The van der Waals surface area contributed by atoms with Gasteiger partial charge < -0.3 is 0 Å². The molecule has 0 spiro atoms. The summed E-state index contributed by atoms with van der Waals surface area (Å²) in [6, 6.07) is 21.0. The van der Waals surface area contributed by atoms with Crippen molar-refractivity contribution < 1.29 is 0 Å². The van der Waals surface area contributed by atoms with Crippen molar-refractivity contribution in [1.82, 2.24) is 4.67 Å². The molecule has 0 aliphatic rings. The van der Waals surface area contributed by atoms with Gasteiger partial charge in [-0.2, -0.15) is 0 Å². The molecule has 0 aliphatic carbocycles. The van der Waals surface area contributed by atoms with Gasteiger partial charge in [-0.15, -0.1) is 0 Å². The summed E-state index contributed by atoms with van der Waals surface area (Å²) in [5.74, 6) is 0. The van der Waals surface area contributed by atoms with Crippen LogP contribution in [0.4, 0.5) is 0 Å². The fourth-order valence-electron chi connectivity index (χ4n) is 2.37. The number of benzene rings is 2. The van der Waals surface area contributed by atoms with Gasteiger partial charge >= 0.3 is 0 Å². The third-order valence-corrected chi connectivity index (χ3v) is 5.62. The molecule has 2 atom stereocenters. The first kappa shape index (κ1) is 15.8. The molecule has 0 amide bonds. The van der Waals surface area contributed by atoms with Crippen LogP contribution in [0.15, 0.2) is 60.7 Å². The minimum absolute atomic E-state index is 0.174. The standard InChI is InChI=1S/C16H18Cl2NP/c1-13(15-9-5-3-6-10-15)19(20(17)18)14(2)16-11-7-4-8-12-16/h3-14H,1-2H3/t13-,14-/m1/s1. The summed E-state index contributed by atoms with van der Waals surface area (Å²) in [5, 5.41) is 0. The Morgan fingerprint density at radius 3 is 1.40 bits per heavy atom. The van der Waals surface area contributed by atoms with E-state index < -0.39 is 6.78 Å². The second-order valence-electron chi connectivity index (χ2n) is 4.77. The first-order valence-electron chi connectivity index (χ1n) is 6.61. The van der Waals surface area contributed by atoms with Crippen molar-refractivity contribution in [2.75, 3.05) is 0 Å². The van der Waals surface area contributed by atoms with Crippen LogP contribution in [-0.4, -0.2) is 4.67 Å². The van der Waals surface area contributed by atoms with Gasteiger partial charge in [-0.1, -0.05) is 83.1 Å². The number of hydrogen-bond acceptors (Lipinski definition) is 1. The van der Waals surface area contributed by atoms with E-state index in [9.17, 15) is 0 Å². The molecule has 4 heteroatoms. The molecule has 0 unspecified atom stereocenters. The van der Waals surface area contributed by atoms with Gasteiger partial charge in [-0.3, -0.25) is 0 Å². The van der Waals surface area contributed by atoms with Crippen molar-refractivity contribution in [1.29, 1.82) is 0 Å². The van der Waals surface area contributed by atoms with E-state index in [1.165, 1.54) is 11.1 Å². The largest absolute Gasteiger partial charge is 0.243 e. The second kappa shape index (κ2) is 7.43. The van der Waals surface area contributed by atoms with Crippen molar-refractivity contribution in [3.05, 3.63) is 71.8 Å². The van der Waals surface area contributed by atoms with Gasteiger partial charge in [0.05, 0.1) is 0 Å². The molecule has 0 bridgehead atoms. The average Bonchev–Trinajstić information content (AvgIpc) is 2.48. The van der Waals surface area contributed by atoms with Gasteiger partial charge in [0.2, 0.25) is 0 Å². The Hall–Kier alpha value is -0.590. The van der Waals surface area contributed by atoms with Gasteiger partial charge in [0.1, 0.15) is 0 Å². The number of rotatable bonds is 5. The van der Waals surface area contributed by atoms with Crippen molar-refractivity contribution in [2.45, 2.75) is 25.9 Å². The molecule has 106 valence electrons. The summed E-state index contributed by atoms with van der Waals surface area (Å²) < 4.78 is 2.17. The number of halogens is 2. The maximum absolute atomic E-state index is 6.29. The number of hydrogen-bond donors (Lipinski definition) is 0. The highest BCUT2D eigenvalue weighted by Gasteiger charge is 2.27. The van der Waals surface area contributed by atoms with E-state index in [-0.39, 0.29) is 12.1 Å². The summed E-state index contributed by atoms with van der Waals surface area (Å²) >= 11 is 12.6. The summed E-state index contributed by atoms with van der Waals surface area (Å²) in [6.07, 6.45) is 0. The third-order valence-electron chi connectivity index (χ3n) is 3.53. The van der Waals surface area contributed by atoms with E-state index in [2.05, 4.69) is 42.8 Å². The molecule has 0 radical (unpaired) electrons. The molecule has 0 saturated heterocycles. The molecular weight excluding hydrogens is 308 g/mol. The highest BCUT2D eigenvalue weighted by atomic mass is 35.9. The third kappa shape index (κ3) is 3.74. The monoisotopic (exact) mass is 325 g/mol. The first-order valence-corrected chi connectivity index (χ1v) is 9.71. The molecule has 0 aliphatic heterocycles. The summed E-state index contributed by atoms with van der Waals surface area (Å²) in [4.78, 5) is 0. The zero-order chi connectivity index (χ0) is 14.5. The van der Waals surface area contributed by atoms with E-state index in [4.69, 9.17) is 22.5 Å². The SMILES string of the molecule is C[C@H](c1ccccc1)N([C@H](C)c1ccccc1)P(Cl)Cl. The van der Waals surface area contributed by atoms with Crippen molar-refractivity contribution in [3.63, 3.8) is 0 Å². The van der Waals surface area contributed by atoms with Crippen molar-refractivity contribution in [3.8, 4) is 0 Å². The van der Waals surface area contributed by atoms with Crippen LogP contribution < -0.4 is 0 Å². The predicted octanol–water partition coefficient (Wildman–Crippen LogP) is 6.52. The molecular formula is C16H18Cl2NP. The lowest BCUT2D eigenvalue weighted by atomic mass is 10.0. The van der Waals surface area contributed by atoms with Gasteiger partial charge in [-0.05, 0) is 25.0 Å². The molecule has 0 N–H and O–H groups in total. The molecule has 0 aromatic heterocycles. The molecule has 0 saturated carbocycles. The predicted molar refractivity (Wildman–Crippen MR) is 90.2 cm³/mol. The van der Waals surface area contributed by atoms with Crippen LogP contribution in [0, 0.1) is 0 Å². The maximum Gasteiger partial charge on any atom is 0.160 e. The van der Waals surface area contributed by atoms with Crippen LogP contribution in [0.1, 0.15) is 37.1 Å². The minimum Gasteiger partial charge on any atom is -0.243 e. The Morgan fingerprint density at radius 1 is 0.750 bits per heavy atom. The van der Waals surface area contributed by atoms with E-state index in [1.54, 1.807) is 0 Å². The Balaban J connectivity index is 2.28. The van der Waals surface area contributed by atoms with E-state index in [0.29, 0.717) is 0 Å². The molecule has 2 aromatic rings. The topological polar surface area (TPSA) is 3.24 Å². The Bertz CT molecular complexity index is 473. The highest BCUT2D eigenvalue weighted by molar-refractivity contribution is 8.02. The second-order valence-corrected chi connectivity index (χ2v) is 8.10.